The van der Waals surface area contributed by atoms with Crippen molar-refractivity contribution in [2.75, 3.05) is 32.3 Å². The minimum Gasteiger partial charge on any atom is -0.471 e. The molecule has 2 saturated heterocycles. The van der Waals surface area contributed by atoms with Gasteiger partial charge in [0.1, 0.15) is 53.8 Å². The second-order valence-electron chi connectivity index (χ2n) is 13.1. The first-order valence-corrected chi connectivity index (χ1v) is 21.5. The monoisotopic (exact) mass is 716 g/mol. The standard InChI is InChI=1S/C30H39ClF2N4O8SSi/c1-46(2,40)36-25(39)7-6-17-10-20(32)18(21(33)11-17)13-44-29-19(31)12-22-28(35-29)37(16-41-8-9-47(3,4)5)30(34-22)45-24-15-43-26-23(38)14-42-27(24)26/h10-12,23-24,26-27,38H,6-9,13-16H2,1-5H3/t23-,24-,26-,27-/m1/s1. The van der Waals surface area contributed by atoms with Crippen molar-refractivity contribution in [2.24, 2.45) is 4.36 Å². The number of nitrogens with zero attached hydrogens (tertiary/aromatic N) is 4. The van der Waals surface area contributed by atoms with Gasteiger partial charge < -0.3 is 28.8 Å². The van der Waals surface area contributed by atoms with Crippen LogP contribution in [-0.4, -0.2) is 94.6 Å². The summed E-state index contributed by atoms with van der Waals surface area (Å²) < 4.78 is 76.2. The van der Waals surface area contributed by atoms with Gasteiger partial charge >= 0.3 is 6.01 Å². The number of aliphatic hydroxyl groups is 1. The summed E-state index contributed by atoms with van der Waals surface area (Å²) in [5, 5.41) is 10.2. The first kappa shape index (κ1) is 35.6. The molecular formula is C30H39ClF2N4O8SSi. The second-order valence-corrected chi connectivity index (χ2v) is 21.7. The number of halogens is 3. The van der Waals surface area contributed by atoms with Crippen LogP contribution in [0.15, 0.2) is 22.6 Å². The topological polar surface area (TPSA) is 144 Å². The summed E-state index contributed by atoms with van der Waals surface area (Å²) in [6, 6.07) is 4.84. The Hall–Kier alpha value is -2.73. The van der Waals surface area contributed by atoms with Crippen LogP contribution in [-0.2, 0) is 48.5 Å². The Kier molecular flexibility index (Phi) is 10.9. The number of benzene rings is 1. The van der Waals surface area contributed by atoms with Crippen LogP contribution in [0.2, 0.25) is 30.7 Å². The summed E-state index contributed by atoms with van der Waals surface area (Å²) in [5.41, 5.74) is 0.573. The maximum atomic E-state index is 15.0. The zero-order valence-corrected chi connectivity index (χ0v) is 29.4. The van der Waals surface area contributed by atoms with Gasteiger partial charge in [-0.1, -0.05) is 31.2 Å². The number of ether oxygens (including phenoxy) is 5. The lowest BCUT2D eigenvalue weighted by molar-refractivity contribution is -0.117. The van der Waals surface area contributed by atoms with E-state index in [4.69, 9.17) is 35.3 Å². The van der Waals surface area contributed by atoms with E-state index in [9.17, 15) is 22.9 Å². The fourth-order valence-electron chi connectivity index (χ4n) is 5.13. The Balaban J connectivity index is 1.35. The average Bonchev–Trinajstić information content (AvgIpc) is 3.63. The number of hydrogen-bond acceptors (Lipinski definition) is 10. The van der Waals surface area contributed by atoms with Gasteiger partial charge in [0.15, 0.2) is 11.8 Å². The Bertz CT molecular complexity index is 1730. The Morgan fingerprint density at radius 1 is 1.15 bits per heavy atom. The smallest absolute Gasteiger partial charge is 0.301 e. The normalized spacial score (nSPS) is 21.3. The molecule has 1 N–H and O–H groups in total. The van der Waals surface area contributed by atoms with Gasteiger partial charge in [-0.3, -0.25) is 9.36 Å². The van der Waals surface area contributed by atoms with Crippen molar-refractivity contribution in [1.82, 2.24) is 14.5 Å². The molecule has 0 radical (unpaired) electrons. The van der Waals surface area contributed by atoms with Crippen molar-refractivity contribution in [3.8, 4) is 11.9 Å². The highest BCUT2D eigenvalue weighted by atomic mass is 35.5. The van der Waals surface area contributed by atoms with Gasteiger partial charge in [-0.2, -0.15) is 14.3 Å². The first-order chi connectivity index (χ1) is 22.1. The highest BCUT2D eigenvalue weighted by molar-refractivity contribution is 7.92. The zero-order valence-electron chi connectivity index (χ0n) is 26.8. The van der Waals surface area contributed by atoms with Crippen molar-refractivity contribution in [1.29, 1.82) is 0 Å². The van der Waals surface area contributed by atoms with E-state index in [0.717, 1.165) is 18.2 Å². The predicted octanol–water partition coefficient (Wildman–Crippen LogP) is 4.35. The molecular weight excluding hydrogens is 678 g/mol. The summed E-state index contributed by atoms with van der Waals surface area (Å²) in [7, 11) is -3.99. The van der Waals surface area contributed by atoms with Gasteiger partial charge in [-0.25, -0.2) is 13.0 Å². The van der Waals surface area contributed by atoms with Crippen molar-refractivity contribution >= 4 is 46.5 Å². The number of carbonyl (C=O) groups is 1. The maximum Gasteiger partial charge on any atom is 0.301 e. The van der Waals surface area contributed by atoms with Crippen molar-refractivity contribution in [3.05, 3.63) is 46.0 Å². The van der Waals surface area contributed by atoms with Crippen LogP contribution in [0.4, 0.5) is 8.78 Å². The fraction of sp³-hybridized carbons (Fsp3) is 0.567. The van der Waals surface area contributed by atoms with Gasteiger partial charge in [0.05, 0.1) is 18.8 Å². The molecule has 0 unspecified atom stereocenters. The number of aromatic nitrogens is 3. The lowest BCUT2D eigenvalue weighted by Gasteiger charge is -2.19. The van der Waals surface area contributed by atoms with Gasteiger partial charge in [0.2, 0.25) is 5.88 Å². The van der Waals surface area contributed by atoms with E-state index in [-0.39, 0.29) is 60.8 Å². The quantitative estimate of drug-likeness (QED) is 0.200. The first-order valence-electron chi connectivity index (χ1n) is 15.1. The van der Waals surface area contributed by atoms with E-state index in [1.54, 1.807) is 4.57 Å². The number of hydrogen-bond donors (Lipinski definition) is 1. The van der Waals surface area contributed by atoms with Crippen LogP contribution in [0.1, 0.15) is 17.5 Å². The van der Waals surface area contributed by atoms with Crippen LogP contribution in [0.3, 0.4) is 0 Å². The predicted molar refractivity (Wildman–Crippen MR) is 173 cm³/mol. The minimum absolute atomic E-state index is 0.0202. The maximum absolute atomic E-state index is 15.0. The number of pyridine rings is 1. The van der Waals surface area contributed by atoms with Gasteiger partial charge in [0, 0.05) is 43.3 Å². The Labute approximate surface area is 277 Å². The molecule has 4 heterocycles. The third kappa shape index (κ3) is 9.04. The van der Waals surface area contributed by atoms with Crippen LogP contribution in [0.5, 0.6) is 11.9 Å². The lowest BCUT2D eigenvalue weighted by atomic mass is 10.1. The van der Waals surface area contributed by atoms with Crippen LogP contribution in [0.25, 0.3) is 11.2 Å². The van der Waals surface area contributed by atoms with Gasteiger partial charge in [0.25, 0.3) is 5.91 Å². The van der Waals surface area contributed by atoms with E-state index in [1.807, 2.05) is 0 Å². The molecule has 5 rings (SSSR count). The van der Waals surface area contributed by atoms with Crippen LogP contribution in [0, 0.1) is 11.6 Å². The summed E-state index contributed by atoms with van der Waals surface area (Å²) >= 11 is 6.47. The molecule has 1 amide bonds. The molecule has 2 aliphatic heterocycles. The number of rotatable bonds is 13. The van der Waals surface area contributed by atoms with Crippen LogP contribution < -0.4 is 9.47 Å². The van der Waals surface area contributed by atoms with Crippen molar-refractivity contribution in [2.45, 2.75) is 76.3 Å². The van der Waals surface area contributed by atoms with Crippen molar-refractivity contribution < 1.29 is 46.6 Å². The summed E-state index contributed by atoms with van der Waals surface area (Å²) in [4.78, 5) is 21.0. The zero-order chi connectivity index (χ0) is 34.1. The number of aryl methyl sites for hydroxylation is 1. The number of fused-ring (bicyclic) bond motifs is 2. The molecule has 0 saturated carbocycles. The Morgan fingerprint density at radius 2 is 1.85 bits per heavy atom. The van der Waals surface area contributed by atoms with E-state index in [2.05, 4.69) is 34.0 Å². The molecule has 1 aromatic carbocycles. The molecule has 2 aliphatic rings. The molecule has 12 nitrogen and oxygen atoms in total. The molecule has 2 aromatic heterocycles. The second kappa shape index (κ2) is 14.4. The van der Waals surface area contributed by atoms with E-state index in [1.165, 1.54) is 18.6 Å². The molecule has 0 bridgehead atoms. The van der Waals surface area contributed by atoms with Gasteiger partial charge in [-0.05, 0) is 36.2 Å². The Morgan fingerprint density at radius 3 is 2.53 bits per heavy atom. The summed E-state index contributed by atoms with van der Waals surface area (Å²) in [6.45, 7) is 7.09. The van der Waals surface area contributed by atoms with E-state index >= 15 is 0 Å². The molecule has 0 spiro atoms. The molecule has 3 aromatic rings. The summed E-state index contributed by atoms with van der Waals surface area (Å²) in [5.74, 6) is -2.43. The minimum atomic E-state index is -2.62. The highest BCUT2D eigenvalue weighted by Crippen LogP contribution is 2.33. The molecule has 17 heteroatoms. The molecule has 258 valence electrons. The third-order valence-corrected chi connectivity index (χ3v) is 10.2. The largest absolute Gasteiger partial charge is 0.471 e. The lowest BCUT2D eigenvalue weighted by Crippen LogP contribution is -2.35. The number of aliphatic hydroxyl groups excluding tert-OH is 1. The molecule has 4 atom stereocenters. The number of amides is 1. The number of imidazole rings is 1. The third-order valence-electron chi connectivity index (χ3n) is 7.57. The molecule has 0 aliphatic carbocycles. The van der Waals surface area contributed by atoms with Crippen molar-refractivity contribution in [3.63, 3.8) is 0 Å². The molecule has 47 heavy (non-hydrogen) atoms. The molecule has 2 fully saturated rings. The number of carbonyl (C=O) groups excluding carboxylic acids is 1. The SMILES string of the molecule is C[Si](C)(C)CCOCn1c(O[C@@H]2CO[C@H]3[C@@H]2OC[C@H]3O)nc2cc(Cl)c(OCc3c(F)cc(CCC(=O)N=S(C)(C)=O)cc3F)nc21. The van der Waals surface area contributed by atoms with Gasteiger partial charge in [-0.15, -0.1) is 0 Å². The summed E-state index contributed by atoms with van der Waals surface area (Å²) in [6.07, 6.45) is 0.292. The highest BCUT2D eigenvalue weighted by Gasteiger charge is 2.49. The fourth-order valence-corrected chi connectivity index (χ4v) is 6.67. The van der Waals surface area contributed by atoms with E-state index < -0.39 is 66.4 Å². The average molecular weight is 717 g/mol. The van der Waals surface area contributed by atoms with E-state index in [0.29, 0.717) is 17.8 Å². The van der Waals surface area contributed by atoms with Crippen LogP contribution >= 0.6 is 11.6 Å².